The predicted octanol–water partition coefficient (Wildman–Crippen LogP) is 4.23. The highest BCUT2D eigenvalue weighted by Gasteiger charge is 2.29. The van der Waals surface area contributed by atoms with E-state index in [0.29, 0.717) is 17.0 Å². The Labute approximate surface area is 172 Å². The first kappa shape index (κ1) is 22.3. The molecule has 0 bridgehead atoms. The number of aromatic nitrogens is 1. The van der Waals surface area contributed by atoms with Gasteiger partial charge >= 0.3 is 11.9 Å². The summed E-state index contributed by atoms with van der Waals surface area (Å²) >= 11 is 5.61. The van der Waals surface area contributed by atoms with Gasteiger partial charge in [0.25, 0.3) is 5.69 Å². The molecule has 0 atom stereocenters. The van der Waals surface area contributed by atoms with Crippen molar-refractivity contribution in [3.05, 3.63) is 56.9 Å². The number of aryl methyl sites for hydroxylation is 2. The molecule has 1 heterocycles. The summed E-state index contributed by atoms with van der Waals surface area (Å²) in [6.07, 6.45) is -0.409. The number of non-ortho nitro benzene ring substituents is 1. The minimum absolute atomic E-state index is 0.0339. The maximum absolute atomic E-state index is 12.8. The Bertz CT molecular complexity index is 958. The summed E-state index contributed by atoms with van der Waals surface area (Å²) in [5.41, 5.74) is 1.07. The summed E-state index contributed by atoms with van der Waals surface area (Å²) in [6, 6.07) is 5.66. The second kappa shape index (κ2) is 9.47. The van der Waals surface area contributed by atoms with Gasteiger partial charge in [-0.05, 0) is 33.3 Å². The second-order valence-electron chi connectivity index (χ2n) is 6.49. The number of halogens is 1. The van der Waals surface area contributed by atoms with Crippen LogP contribution in [0.2, 0.25) is 0 Å². The van der Waals surface area contributed by atoms with Crippen LogP contribution in [-0.4, -0.2) is 40.4 Å². The number of nitrogens with zero attached hydrogens (tertiary/aromatic N) is 2. The van der Waals surface area contributed by atoms with Crippen LogP contribution in [0.3, 0.4) is 0 Å². The second-order valence-corrected chi connectivity index (χ2v) is 6.87. The van der Waals surface area contributed by atoms with Crippen LogP contribution in [0.5, 0.6) is 0 Å². The third kappa shape index (κ3) is 5.08. The fourth-order valence-corrected chi connectivity index (χ4v) is 2.97. The molecule has 0 amide bonds. The fraction of sp³-hybridized carbons (Fsp3) is 0.350. The van der Waals surface area contributed by atoms with Crippen LogP contribution in [0.25, 0.3) is 11.1 Å². The van der Waals surface area contributed by atoms with E-state index in [1.54, 1.807) is 33.8 Å². The lowest BCUT2D eigenvalue weighted by atomic mass is 9.92. The molecule has 8 nitrogen and oxygen atoms in total. The van der Waals surface area contributed by atoms with E-state index in [1.807, 2.05) is 0 Å². The molecule has 0 fully saturated rings. The highest BCUT2D eigenvalue weighted by molar-refractivity contribution is 6.18. The maximum atomic E-state index is 12.8. The van der Waals surface area contributed by atoms with Crippen molar-refractivity contribution in [2.24, 2.45) is 0 Å². The average Bonchev–Trinajstić information content (AvgIpc) is 2.64. The van der Waals surface area contributed by atoms with Crippen molar-refractivity contribution in [2.45, 2.75) is 33.8 Å². The number of carbonyl (C=O) groups is 2. The summed E-state index contributed by atoms with van der Waals surface area (Å²) in [4.78, 5) is 40.5. The number of rotatable bonds is 7. The Hall–Kier alpha value is -3.00. The molecule has 1 aromatic heterocycles. The van der Waals surface area contributed by atoms with Crippen molar-refractivity contribution in [1.82, 2.24) is 4.98 Å². The SMILES string of the molecule is Cc1nc(C)c(C(=O)OC(C)C)c(-c2cccc([N+](=O)[O-])c2)c1C(=O)OCCCl. The van der Waals surface area contributed by atoms with Crippen LogP contribution in [0.4, 0.5) is 5.69 Å². The molecule has 0 aliphatic rings. The predicted molar refractivity (Wildman–Crippen MR) is 107 cm³/mol. The van der Waals surface area contributed by atoms with E-state index < -0.39 is 23.0 Å². The van der Waals surface area contributed by atoms with Crippen LogP contribution in [-0.2, 0) is 9.47 Å². The number of benzene rings is 1. The molecule has 0 unspecified atom stereocenters. The number of carbonyl (C=O) groups excluding carboxylic acids is 2. The molecular weight excluding hydrogens is 400 g/mol. The quantitative estimate of drug-likeness (QED) is 0.285. The molecule has 0 spiro atoms. The fourth-order valence-electron chi connectivity index (χ4n) is 2.89. The van der Waals surface area contributed by atoms with Crippen LogP contribution in [0, 0.1) is 24.0 Å². The Morgan fingerprint density at radius 3 is 2.34 bits per heavy atom. The Morgan fingerprint density at radius 2 is 1.79 bits per heavy atom. The average molecular weight is 421 g/mol. The van der Waals surface area contributed by atoms with E-state index in [0.717, 1.165) is 0 Å². The lowest BCUT2D eigenvalue weighted by Crippen LogP contribution is -2.19. The third-order valence-electron chi connectivity index (χ3n) is 3.97. The number of alkyl halides is 1. The van der Waals surface area contributed by atoms with Gasteiger partial charge in [0, 0.05) is 17.7 Å². The number of esters is 2. The molecule has 0 N–H and O–H groups in total. The zero-order valence-electron chi connectivity index (χ0n) is 16.5. The van der Waals surface area contributed by atoms with Gasteiger partial charge in [-0.25, -0.2) is 9.59 Å². The molecule has 154 valence electrons. The van der Waals surface area contributed by atoms with Gasteiger partial charge in [0.2, 0.25) is 0 Å². The van der Waals surface area contributed by atoms with Gasteiger partial charge in [-0.15, -0.1) is 11.6 Å². The smallest absolute Gasteiger partial charge is 0.340 e. The van der Waals surface area contributed by atoms with E-state index in [2.05, 4.69) is 4.98 Å². The van der Waals surface area contributed by atoms with Crippen LogP contribution >= 0.6 is 11.6 Å². The van der Waals surface area contributed by atoms with E-state index in [4.69, 9.17) is 21.1 Å². The standard InChI is InChI=1S/C20H21ClN2O6/c1-11(2)29-20(25)17-13(4)22-12(3)16(19(24)28-9-8-21)18(17)14-6-5-7-15(10-14)23(26)27/h5-7,10-11H,8-9H2,1-4H3. The lowest BCUT2D eigenvalue weighted by Gasteiger charge is -2.18. The lowest BCUT2D eigenvalue weighted by molar-refractivity contribution is -0.384. The molecule has 0 aliphatic heterocycles. The summed E-state index contributed by atoms with van der Waals surface area (Å²) < 4.78 is 10.5. The van der Waals surface area contributed by atoms with Crippen LogP contribution < -0.4 is 0 Å². The monoisotopic (exact) mass is 420 g/mol. The molecule has 1 aromatic carbocycles. The van der Waals surface area contributed by atoms with Crippen molar-refractivity contribution >= 4 is 29.2 Å². The third-order valence-corrected chi connectivity index (χ3v) is 4.12. The molecule has 2 aromatic rings. The summed E-state index contributed by atoms with van der Waals surface area (Å²) in [5.74, 6) is -1.31. The molecule has 0 aliphatic carbocycles. The van der Waals surface area contributed by atoms with Crippen LogP contribution in [0.1, 0.15) is 46.0 Å². The van der Waals surface area contributed by atoms with E-state index in [1.165, 1.54) is 18.2 Å². The number of ether oxygens (including phenoxy) is 2. The van der Waals surface area contributed by atoms with Gasteiger partial charge in [-0.2, -0.15) is 0 Å². The van der Waals surface area contributed by atoms with Gasteiger partial charge in [0.15, 0.2) is 0 Å². The summed E-state index contributed by atoms with van der Waals surface area (Å²) in [6.45, 7) is 6.56. The summed E-state index contributed by atoms with van der Waals surface area (Å²) in [7, 11) is 0. The molecule has 0 saturated carbocycles. The topological polar surface area (TPSA) is 109 Å². The van der Waals surface area contributed by atoms with Gasteiger partial charge in [0.1, 0.15) is 6.61 Å². The minimum atomic E-state index is -0.726. The molecule has 0 radical (unpaired) electrons. The largest absolute Gasteiger partial charge is 0.461 e. The molecular formula is C20H21ClN2O6. The van der Waals surface area contributed by atoms with Gasteiger partial charge < -0.3 is 9.47 Å². The highest BCUT2D eigenvalue weighted by atomic mass is 35.5. The molecule has 29 heavy (non-hydrogen) atoms. The zero-order valence-corrected chi connectivity index (χ0v) is 17.3. The highest BCUT2D eigenvalue weighted by Crippen LogP contribution is 2.34. The Kier molecular flexibility index (Phi) is 7.28. The Balaban J connectivity index is 2.84. The number of pyridine rings is 1. The molecule has 2 rings (SSSR count). The van der Waals surface area contributed by atoms with E-state index in [9.17, 15) is 19.7 Å². The van der Waals surface area contributed by atoms with Crippen molar-refractivity contribution in [3.8, 4) is 11.1 Å². The van der Waals surface area contributed by atoms with Gasteiger partial charge in [-0.3, -0.25) is 15.1 Å². The first-order valence-corrected chi connectivity index (χ1v) is 9.40. The molecule has 0 saturated heterocycles. The number of nitro groups is 1. The van der Waals surface area contributed by atoms with Crippen molar-refractivity contribution in [3.63, 3.8) is 0 Å². The molecule has 9 heteroatoms. The number of nitro benzene ring substituents is 1. The number of hydrogen-bond acceptors (Lipinski definition) is 7. The van der Waals surface area contributed by atoms with E-state index in [-0.39, 0.29) is 34.9 Å². The zero-order chi connectivity index (χ0) is 21.7. The normalized spacial score (nSPS) is 10.7. The summed E-state index contributed by atoms with van der Waals surface area (Å²) in [5, 5.41) is 11.2. The van der Waals surface area contributed by atoms with Gasteiger partial charge in [0.05, 0.1) is 39.4 Å². The maximum Gasteiger partial charge on any atom is 0.340 e. The number of hydrogen-bond donors (Lipinski definition) is 0. The first-order chi connectivity index (χ1) is 13.7. The van der Waals surface area contributed by atoms with Gasteiger partial charge in [-0.1, -0.05) is 12.1 Å². The minimum Gasteiger partial charge on any atom is -0.461 e. The van der Waals surface area contributed by atoms with Crippen LogP contribution in [0.15, 0.2) is 24.3 Å². The van der Waals surface area contributed by atoms with Crippen molar-refractivity contribution < 1.29 is 24.0 Å². The first-order valence-electron chi connectivity index (χ1n) is 8.87. The Morgan fingerprint density at radius 1 is 1.17 bits per heavy atom. The van der Waals surface area contributed by atoms with E-state index >= 15 is 0 Å². The van der Waals surface area contributed by atoms with Crippen molar-refractivity contribution in [1.29, 1.82) is 0 Å². The van der Waals surface area contributed by atoms with Crippen molar-refractivity contribution in [2.75, 3.05) is 12.5 Å².